The molecule has 0 spiro atoms. The zero-order valence-electron chi connectivity index (χ0n) is 18.3. The Kier molecular flexibility index (Phi) is 7.49. The third-order valence-corrected chi connectivity index (χ3v) is 5.46. The number of carbonyl (C=O) groups excluding carboxylic acids is 1. The zero-order chi connectivity index (χ0) is 20.8. The van der Waals surface area contributed by atoms with Gasteiger partial charge in [-0.05, 0) is 33.9 Å². The number of amides is 1. The number of aryl methyl sites for hydroxylation is 1. The maximum absolute atomic E-state index is 12.0. The minimum absolute atomic E-state index is 0.159. The second-order valence-electron chi connectivity index (χ2n) is 8.23. The van der Waals surface area contributed by atoms with Gasteiger partial charge >= 0.3 is 0 Å². The van der Waals surface area contributed by atoms with Crippen LogP contribution in [0.2, 0.25) is 0 Å². The number of nitrogens with one attached hydrogen (secondary N) is 2. The van der Waals surface area contributed by atoms with E-state index in [0.717, 1.165) is 51.5 Å². The minimum atomic E-state index is 0.159. The van der Waals surface area contributed by atoms with Gasteiger partial charge in [-0.25, -0.2) is 0 Å². The molecule has 3 rings (SSSR count). The molecule has 2 aliphatic rings. The molecule has 1 saturated heterocycles. The van der Waals surface area contributed by atoms with Crippen molar-refractivity contribution in [2.45, 2.75) is 31.8 Å². The average molecular weight is 405 g/mol. The van der Waals surface area contributed by atoms with E-state index in [0.29, 0.717) is 19.1 Å². The van der Waals surface area contributed by atoms with E-state index in [1.165, 1.54) is 5.56 Å². The van der Waals surface area contributed by atoms with Crippen LogP contribution in [0.15, 0.2) is 17.4 Å². The molecular weight excluding hydrogens is 368 g/mol. The van der Waals surface area contributed by atoms with Gasteiger partial charge in [0.25, 0.3) is 0 Å². The van der Waals surface area contributed by atoms with Gasteiger partial charge < -0.3 is 20.4 Å². The lowest BCUT2D eigenvalue weighted by Gasteiger charge is -2.36. The molecule has 1 saturated carbocycles. The molecule has 1 aliphatic carbocycles. The molecule has 9 heteroatoms. The van der Waals surface area contributed by atoms with Gasteiger partial charge in [0.2, 0.25) is 5.91 Å². The fourth-order valence-corrected chi connectivity index (χ4v) is 3.60. The van der Waals surface area contributed by atoms with E-state index in [-0.39, 0.29) is 11.9 Å². The van der Waals surface area contributed by atoms with Crippen LogP contribution in [0.25, 0.3) is 0 Å². The van der Waals surface area contributed by atoms with Crippen molar-refractivity contribution in [1.82, 2.24) is 35.1 Å². The number of piperazine rings is 1. The van der Waals surface area contributed by atoms with Crippen LogP contribution in [0.5, 0.6) is 0 Å². The molecule has 162 valence electrons. The quantitative estimate of drug-likeness (QED) is 0.465. The summed E-state index contributed by atoms with van der Waals surface area (Å²) in [6, 6.07) is 0.616. The van der Waals surface area contributed by atoms with Crippen LogP contribution in [0.3, 0.4) is 0 Å². The Hall–Kier alpha value is -2.13. The number of aromatic nitrogens is 2. The Labute approximate surface area is 174 Å². The van der Waals surface area contributed by atoms with Gasteiger partial charge in [0.05, 0.1) is 25.3 Å². The number of likely N-dealkylation sites (N-methyl/N-ethyl adjacent to an activating group) is 1. The first kappa shape index (κ1) is 21.6. The standard InChI is InChI=1S/C20H36N8O/c1-5-21-20(22-13-18(25(2)3)16-12-23-26(4)14-16)28-10-8-27(9-11-28)15-19(29)24-17-6-7-17/h12,14,17-18H,5-11,13,15H2,1-4H3,(H,21,22)(H,24,29). The van der Waals surface area contributed by atoms with Crippen molar-refractivity contribution in [1.29, 1.82) is 0 Å². The molecule has 2 heterocycles. The first-order valence-electron chi connectivity index (χ1n) is 10.7. The van der Waals surface area contributed by atoms with Gasteiger partial charge in [0, 0.05) is 57.6 Å². The van der Waals surface area contributed by atoms with Gasteiger partial charge in [-0.3, -0.25) is 19.4 Å². The van der Waals surface area contributed by atoms with Crippen LogP contribution in [0, 0.1) is 0 Å². The summed E-state index contributed by atoms with van der Waals surface area (Å²) < 4.78 is 1.83. The number of nitrogens with zero attached hydrogens (tertiary/aromatic N) is 6. The van der Waals surface area contributed by atoms with Gasteiger partial charge in [-0.1, -0.05) is 0 Å². The summed E-state index contributed by atoms with van der Waals surface area (Å²) in [6.07, 6.45) is 6.24. The molecule has 1 unspecified atom stereocenters. The summed E-state index contributed by atoms with van der Waals surface area (Å²) in [5.41, 5.74) is 1.17. The van der Waals surface area contributed by atoms with Crippen molar-refractivity contribution >= 4 is 11.9 Å². The molecule has 0 radical (unpaired) electrons. The highest BCUT2D eigenvalue weighted by Crippen LogP contribution is 2.19. The molecule has 2 fully saturated rings. The van der Waals surface area contributed by atoms with Gasteiger partial charge in [0.15, 0.2) is 5.96 Å². The summed E-state index contributed by atoms with van der Waals surface area (Å²) in [7, 11) is 6.09. The van der Waals surface area contributed by atoms with Gasteiger partial charge in [-0.15, -0.1) is 0 Å². The van der Waals surface area contributed by atoms with Gasteiger partial charge in [-0.2, -0.15) is 5.10 Å². The van der Waals surface area contributed by atoms with Crippen LogP contribution in [-0.4, -0.2) is 102 Å². The predicted molar refractivity (Wildman–Crippen MR) is 115 cm³/mol. The molecule has 29 heavy (non-hydrogen) atoms. The fraction of sp³-hybridized carbons (Fsp3) is 0.750. The highest BCUT2D eigenvalue weighted by Gasteiger charge is 2.26. The lowest BCUT2D eigenvalue weighted by molar-refractivity contribution is -0.122. The topological polar surface area (TPSA) is 81.0 Å². The molecule has 9 nitrogen and oxygen atoms in total. The van der Waals surface area contributed by atoms with Crippen LogP contribution in [0.4, 0.5) is 0 Å². The van der Waals surface area contributed by atoms with Crippen LogP contribution in [-0.2, 0) is 11.8 Å². The van der Waals surface area contributed by atoms with E-state index < -0.39 is 0 Å². The number of aliphatic imine (C=N–C) groups is 1. The number of carbonyl (C=O) groups is 1. The third-order valence-electron chi connectivity index (χ3n) is 5.46. The van der Waals surface area contributed by atoms with E-state index in [9.17, 15) is 4.79 Å². The first-order valence-corrected chi connectivity index (χ1v) is 10.7. The van der Waals surface area contributed by atoms with Crippen molar-refractivity contribution in [2.24, 2.45) is 12.0 Å². The predicted octanol–water partition coefficient (Wildman–Crippen LogP) is -0.115. The average Bonchev–Trinajstić information content (AvgIpc) is 3.39. The number of hydrogen-bond acceptors (Lipinski definition) is 5. The highest BCUT2D eigenvalue weighted by molar-refractivity contribution is 5.80. The first-order chi connectivity index (χ1) is 14.0. The number of hydrogen-bond donors (Lipinski definition) is 2. The normalized spacial score (nSPS) is 19.5. The zero-order valence-corrected chi connectivity index (χ0v) is 18.3. The molecular formula is C20H36N8O. The maximum Gasteiger partial charge on any atom is 0.234 e. The smallest absolute Gasteiger partial charge is 0.234 e. The Morgan fingerprint density at radius 3 is 2.59 bits per heavy atom. The molecule has 1 amide bonds. The van der Waals surface area contributed by atoms with E-state index >= 15 is 0 Å². The summed E-state index contributed by atoms with van der Waals surface area (Å²) in [6.45, 7) is 7.61. The highest BCUT2D eigenvalue weighted by atomic mass is 16.2. The lowest BCUT2D eigenvalue weighted by atomic mass is 10.1. The largest absolute Gasteiger partial charge is 0.357 e. The Morgan fingerprint density at radius 2 is 2.03 bits per heavy atom. The number of guanidine groups is 1. The van der Waals surface area contributed by atoms with Crippen LogP contribution < -0.4 is 10.6 Å². The summed E-state index contributed by atoms with van der Waals surface area (Å²) in [4.78, 5) is 23.7. The second-order valence-corrected chi connectivity index (χ2v) is 8.23. The maximum atomic E-state index is 12.0. The molecule has 2 N–H and O–H groups in total. The molecule has 1 aromatic rings. The summed E-state index contributed by atoms with van der Waals surface area (Å²) >= 11 is 0. The summed E-state index contributed by atoms with van der Waals surface area (Å²) in [5, 5.41) is 10.8. The lowest BCUT2D eigenvalue weighted by Crippen LogP contribution is -2.54. The minimum Gasteiger partial charge on any atom is -0.357 e. The summed E-state index contributed by atoms with van der Waals surface area (Å²) in [5.74, 6) is 1.11. The van der Waals surface area contributed by atoms with E-state index in [1.807, 2.05) is 17.9 Å². The Balaban J connectivity index is 1.55. The van der Waals surface area contributed by atoms with Crippen LogP contribution >= 0.6 is 0 Å². The van der Waals surface area contributed by atoms with Gasteiger partial charge in [0.1, 0.15) is 0 Å². The van der Waals surface area contributed by atoms with Crippen molar-refractivity contribution in [3.63, 3.8) is 0 Å². The van der Waals surface area contributed by atoms with Crippen LogP contribution in [0.1, 0.15) is 31.4 Å². The fourth-order valence-electron chi connectivity index (χ4n) is 3.60. The number of rotatable bonds is 8. The van der Waals surface area contributed by atoms with Crippen molar-refractivity contribution < 1.29 is 4.79 Å². The Morgan fingerprint density at radius 1 is 1.31 bits per heavy atom. The Bertz CT molecular complexity index is 688. The van der Waals surface area contributed by atoms with E-state index in [1.54, 1.807) is 0 Å². The van der Waals surface area contributed by atoms with Crippen molar-refractivity contribution in [3.8, 4) is 0 Å². The van der Waals surface area contributed by atoms with Crippen molar-refractivity contribution in [3.05, 3.63) is 18.0 Å². The molecule has 0 aromatic carbocycles. The van der Waals surface area contributed by atoms with Crippen molar-refractivity contribution in [2.75, 3.05) is 59.9 Å². The second kappa shape index (κ2) is 10.1. The molecule has 1 aromatic heterocycles. The van der Waals surface area contributed by atoms with E-state index in [4.69, 9.17) is 4.99 Å². The third kappa shape index (κ3) is 6.43. The van der Waals surface area contributed by atoms with E-state index in [2.05, 4.69) is 57.6 Å². The monoisotopic (exact) mass is 404 g/mol. The molecule has 1 atom stereocenters. The molecule has 0 bridgehead atoms. The SMILES string of the molecule is CCNC(=NCC(c1cnn(C)c1)N(C)C)N1CCN(CC(=O)NC2CC2)CC1. The molecule has 1 aliphatic heterocycles.